The summed E-state index contributed by atoms with van der Waals surface area (Å²) in [5.74, 6) is 1.04. The molecule has 0 atom stereocenters. The first kappa shape index (κ1) is 16.3. The van der Waals surface area contributed by atoms with E-state index in [9.17, 15) is 0 Å². The molecule has 4 heteroatoms. The number of morpholine rings is 1. The van der Waals surface area contributed by atoms with Crippen molar-refractivity contribution in [3.05, 3.63) is 29.8 Å². The summed E-state index contributed by atoms with van der Waals surface area (Å²) >= 11 is 0. The zero-order valence-corrected chi connectivity index (χ0v) is 13.4. The fraction of sp³-hybridized carbons (Fsp3) is 0.647. The van der Waals surface area contributed by atoms with Crippen molar-refractivity contribution >= 4 is 0 Å². The fourth-order valence-electron chi connectivity index (χ4n) is 2.51. The minimum absolute atomic E-state index is 0.744. The highest BCUT2D eigenvalue weighted by atomic mass is 16.5. The van der Waals surface area contributed by atoms with Crippen LogP contribution in [0, 0.1) is 0 Å². The van der Waals surface area contributed by atoms with E-state index in [4.69, 9.17) is 9.47 Å². The van der Waals surface area contributed by atoms with Crippen LogP contribution in [0.5, 0.6) is 5.75 Å². The number of nitrogens with zero attached hydrogens (tertiary/aromatic N) is 2. The second kappa shape index (κ2) is 9.03. The number of para-hydroxylation sites is 1. The van der Waals surface area contributed by atoms with Crippen molar-refractivity contribution in [3.63, 3.8) is 0 Å². The third-order valence-electron chi connectivity index (χ3n) is 3.79. The quantitative estimate of drug-likeness (QED) is 0.730. The lowest BCUT2D eigenvalue weighted by molar-refractivity contribution is 0.0374. The molecule has 1 aromatic carbocycles. The van der Waals surface area contributed by atoms with Gasteiger partial charge in [-0.05, 0) is 45.1 Å². The van der Waals surface area contributed by atoms with Crippen LogP contribution in [0.15, 0.2) is 24.3 Å². The summed E-state index contributed by atoms with van der Waals surface area (Å²) in [4.78, 5) is 4.63. The maximum atomic E-state index is 5.92. The number of hydrogen-bond acceptors (Lipinski definition) is 4. The molecule has 1 saturated heterocycles. The van der Waals surface area contributed by atoms with Gasteiger partial charge in [0.1, 0.15) is 12.4 Å². The molecule has 1 aliphatic rings. The number of rotatable bonds is 8. The fourth-order valence-corrected chi connectivity index (χ4v) is 2.51. The Balaban J connectivity index is 1.76. The average Bonchev–Trinajstić information content (AvgIpc) is 2.49. The van der Waals surface area contributed by atoms with E-state index >= 15 is 0 Å². The molecule has 0 unspecified atom stereocenters. The van der Waals surface area contributed by atoms with Crippen LogP contribution in [0.3, 0.4) is 0 Å². The van der Waals surface area contributed by atoms with Crippen LogP contribution in [0.25, 0.3) is 0 Å². The highest BCUT2D eigenvalue weighted by molar-refractivity contribution is 5.33. The Bertz CT molecular complexity index is 404. The first-order chi connectivity index (χ1) is 10.3. The number of likely N-dealkylation sites (N-methyl/N-ethyl adjacent to an activating group) is 1. The first-order valence-corrected chi connectivity index (χ1v) is 7.91. The van der Waals surface area contributed by atoms with E-state index in [-0.39, 0.29) is 0 Å². The lowest BCUT2D eigenvalue weighted by Gasteiger charge is -2.26. The van der Waals surface area contributed by atoms with Gasteiger partial charge in [0.15, 0.2) is 0 Å². The van der Waals surface area contributed by atoms with Crippen molar-refractivity contribution in [2.75, 3.05) is 60.1 Å². The molecule has 0 spiro atoms. The van der Waals surface area contributed by atoms with Crippen molar-refractivity contribution < 1.29 is 9.47 Å². The van der Waals surface area contributed by atoms with E-state index in [1.807, 2.05) is 0 Å². The molecular formula is C17H28N2O2. The van der Waals surface area contributed by atoms with Crippen LogP contribution in [0.4, 0.5) is 0 Å². The third-order valence-corrected chi connectivity index (χ3v) is 3.79. The molecule has 0 bridgehead atoms. The maximum absolute atomic E-state index is 5.92. The predicted molar refractivity (Wildman–Crippen MR) is 86.1 cm³/mol. The van der Waals surface area contributed by atoms with E-state index in [2.05, 4.69) is 48.2 Å². The van der Waals surface area contributed by atoms with Gasteiger partial charge >= 0.3 is 0 Å². The molecule has 0 aliphatic carbocycles. The molecule has 21 heavy (non-hydrogen) atoms. The van der Waals surface area contributed by atoms with Crippen molar-refractivity contribution in [1.29, 1.82) is 0 Å². The van der Waals surface area contributed by atoms with E-state index in [1.54, 1.807) is 0 Å². The summed E-state index contributed by atoms with van der Waals surface area (Å²) in [5, 5.41) is 0. The van der Waals surface area contributed by atoms with E-state index in [0.717, 1.165) is 58.2 Å². The minimum atomic E-state index is 0.744. The average molecular weight is 292 g/mol. The van der Waals surface area contributed by atoms with Crippen molar-refractivity contribution in [3.8, 4) is 5.75 Å². The molecule has 118 valence electrons. The number of hydrogen-bond donors (Lipinski definition) is 0. The van der Waals surface area contributed by atoms with Gasteiger partial charge in [0, 0.05) is 19.6 Å². The minimum Gasteiger partial charge on any atom is -0.492 e. The van der Waals surface area contributed by atoms with E-state index in [0.29, 0.717) is 0 Å². The standard InChI is InChI=1S/C17H28N2O2/c1-18(2)10-15-21-17-8-4-3-6-16(17)7-5-9-19-11-13-20-14-12-19/h3-4,6,8H,5,7,9-15H2,1-2H3. The Morgan fingerprint density at radius 1 is 1.19 bits per heavy atom. The molecule has 2 rings (SSSR count). The monoisotopic (exact) mass is 292 g/mol. The number of benzene rings is 1. The molecule has 0 saturated carbocycles. The molecule has 0 N–H and O–H groups in total. The normalized spacial score (nSPS) is 16.3. The Kier molecular flexibility index (Phi) is 7.00. The van der Waals surface area contributed by atoms with Gasteiger partial charge in [-0.2, -0.15) is 0 Å². The van der Waals surface area contributed by atoms with Crippen LogP contribution < -0.4 is 4.74 Å². The molecule has 1 heterocycles. The summed E-state index contributed by atoms with van der Waals surface area (Å²) in [6, 6.07) is 8.42. The summed E-state index contributed by atoms with van der Waals surface area (Å²) in [5.41, 5.74) is 1.32. The number of aryl methyl sites for hydroxylation is 1. The van der Waals surface area contributed by atoms with Gasteiger partial charge in [0.05, 0.1) is 13.2 Å². The molecule has 0 aromatic heterocycles. The van der Waals surface area contributed by atoms with Gasteiger partial charge in [0.2, 0.25) is 0 Å². The Hall–Kier alpha value is -1.10. The molecule has 4 nitrogen and oxygen atoms in total. The van der Waals surface area contributed by atoms with Gasteiger partial charge in [0.25, 0.3) is 0 Å². The van der Waals surface area contributed by atoms with Gasteiger partial charge < -0.3 is 14.4 Å². The second-order valence-corrected chi connectivity index (χ2v) is 5.82. The number of ether oxygens (including phenoxy) is 2. The Morgan fingerprint density at radius 3 is 2.71 bits per heavy atom. The summed E-state index contributed by atoms with van der Waals surface area (Å²) in [7, 11) is 4.13. The molecule has 1 fully saturated rings. The Labute approximate surface area is 128 Å². The lowest BCUT2D eigenvalue weighted by Crippen LogP contribution is -2.36. The van der Waals surface area contributed by atoms with Crippen molar-refractivity contribution in [2.45, 2.75) is 12.8 Å². The van der Waals surface area contributed by atoms with Crippen LogP contribution in [-0.4, -0.2) is 69.9 Å². The molecule has 0 amide bonds. The highest BCUT2D eigenvalue weighted by Crippen LogP contribution is 2.19. The third kappa shape index (κ3) is 6.04. The van der Waals surface area contributed by atoms with Crippen molar-refractivity contribution in [1.82, 2.24) is 9.80 Å². The lowest BCUT2D eigenvalue weighted by atomic mass is 10.1. The zero-order valence-electron chi connectivity index (χ0n) is 13.4. The SMILES string of the molecule is CN(C)CCOc1ccccc1CCCN1CCOCC1. The van der Waals surface area contributed by atoms with Gasteiger partial charge in [-0.3, -0.25) is 4.90 Å². The van der Waals surface area contributed by atoms with Crippen LogP contribution in [0.2, 0.25) is 0 Å². The molecular weight excluding hydrogens is 264 g/mol. The molecule has 1 aromatic rings. The second-order valence-electron chi connectivity index (χ2n) is 5.82. The van der Waals surface area contributed by atoms with Gasteiger partial charge in [-0.15, -0.1) is 0 Å². The van der Waals surface area contributed by atoms with Crippen LogP contribution >= 0.6 is 0 Å². The summed E-state index contributed by atoms with van der Waals surface area (Å²) in [6.07, 6.45) is 2.25. The Morgan fingerprint density at radius 2 is 1.95 bits per heavy atom. The summed E-state index contributed by atoms with van der Waals surface area (Å²) in [6.45, 7) is 6.74. The van der Waals surface area contributed by atoms with Crippen LogP contribution in [-0.2, 0) is 11.2 Å². The van der Waals surface area contributed by atoms with Crippen molar-refractivity contribution in [2.24, 2.45) is 0 Å². The predicted octanol–water partition coefficient (Wildman–Crippen LogP) is 1.89. The van der Waals surface area contributed by atoms with Gasteiger partial charge in [-0.25, -0.2) is 0 Å². The smallest absolute Gasteiger partial charge is 0.122 e. The van der Waals surface area contributed by atoms with Crippen LogP contribution in [0.1, 0.15) is 12.0 Å². The van der Waals surface area contributed by atoms with E-state index in [1.165, 1.54) is 12.0 Å². The maximum Gasteiger partial charge on any atom is 0.122 e. The summed E-state index contributed by atoms with van der Waals surface area (Å²) < 4.78 is 11.3. The topological polar surface area (TPSA) is 24.9 Å². The molecule has 1 aliphatic heterocycles. The largest absolute Gasteiger partial charge is 0.492 e. The first-order valence-electron chi connectivity index (χ1n) is 7.91. The van der Waals surface area contributed by atoms with Gasteiger partial charge in [-0.1, -0.05) is 18.2 Å². The highest BCUT2D eigenvalue weighted by Gasteiger charge is 2.10. The molecule has 0 radical (unpaired) electrons. The van der Waals surface area contributed by atoms with E-state index < -0.39 is 0 Å². The zero-order chi connectivity index (χ0) is 14.9.